The zero-order valence-electron chi connectivity index (χ0n) is 8.99. The molecule has 5 heteroatoms. The predicted molar refractivity (Wildman–Crippen MR) is 62.6 cm³/mol. The molecule has 0 fully saturated rings. The van der Waals surface area contributed by atoms with Gasteiger partial charge < -0.3 is 4.90 Å². The van der Waals surface area contributed by atoms with Gasteiger partial charge in [0.2, 0.25) is 5.13 Å². The normalized spacial score (nSPS) is 13.3. The second kappa shape index (κ2) is 4.94. The molecule has 1 atom stereocenters. The summed E-state index contributed by atoms with van der Waals surface area (Å²) in [5.41, 5.74) is 0. The first-order valence-electron chi connectivity index (χ1n) is 4.68. The molecule has 0 spiro atoms. The highest BCUT2D eigenvalue weighted by atomic mass is 35.5. The van der Waals surface area contributed by atoms with Crippen LogP contribution in [0.4, 0.5) is 5.13 Å². The maximum atomic E-state index is 5.78. The number of halogens is 1. The number of alkyl halides is 1. The molecule has 1 aromatic heterocycles. The van der Waals surface area contributed by atoms with Gasteiger partial charge >= 0.3 is 0 Å². The first-order valence-corrected chi connectivity index (χ1v) is 5.99. The summed E-state index contributed by atoms with van der Waals surface area (Å²) in [7, 11) is 2.00. The molecule has 1 unspecified atom stereocenters. The van der Waals surface area contributed by atoms with Crippen molar-refractivity contribution in [2.45, 2.75) is 32.7 Å². The lowest BCUT2D eigenvalue weighted by atomic mass is 10.2. The van der Waals surface area contributed by atoms with E-state index in [2.05, 4.69) is 35.0 Å². The molecule has 0 aliphatic heterocycles. The van der Waals surface area contributed by atoms with Crippen molar-refractivity contribution >= 4 is 28.3 Å². The molecule has 0 amide bonds. The van der Waals surface area contributed by atoms with Gasteiger partial charge in [-0.05, 0) is 6.92 Å². The number of anilines is 1. The zero-order chi connectivity index (χ0) is 10.7. The monoisotopic (exact) mass is 233 g/mol. The van der Waals surface area contributed by atoms with E-state index < -0.39 is 0 Å². The number of hydrogen-bond acceptors (Lipinski definition) is 4. The number of nitrogens with zero attached hydrogens (tertiary/aromatic N) is 3. The van der Waals surface area contributed by atoms with E-state index in [0.717, 1.165) is 11.0 Å². The Morgan fingerprint density at radius 2 is 2.07 bits per heavy atom. The van der Waals surface area contributed by atoms with Crippen molar-refractivity contribution in [3.8, 4) is 0 Å². The van der Waals surface area contributed by atoms with Gasteiger partial charge in [-0.25, -0.2) is 4.98 Å². The van der Waals surface area contributed by atoms with E-state index in [0.29, 0.717) is 17.8 Å². The van der Waals surface area contributed by atoms with Crippen molar-refractivity contribution in [2.24, 2.45) is 0 Å². The lowest BCUT2D eigenvalue weighted by molar-refractivity contribution is 0.745. The molecule has 0 aliphatic carbocycles. The third-order valence-electron chi connectivity index (χ3n) is 2.13. The molecule has 1 heterocycles. The summed E-state index contributed by atoms with van der Waals surface area (Å²) in [5.74, 6) is 1.91. The van der Waals surface area contributed by atoms with E-state index in [-0.39, 0.29) is 0 Å². The molecular weight excluding hydrogens is 218 g/mol. The average Bonchev–Trinajstić information content (AvgIpc) is 2.64. The van der Waals surface area contributed by atoms with Crippen molar-refractivity contribution in [3.63, 3.8) is 0 Å². The Hall–Kier alpha value is -0.350. The Balaban J connectivity index is 2.76. The Morgan fingerprint density at radius 3 is 2.50 bits per heavy atom. The summed E-state index contributed by atoms with van der Waals surface area (Å²) in [6.07, 6.45) is 0. The zero-order valence-corrected chi connectivity index (χ0v) is 10.6. The summed E-state index contributed by atoms with van der Waals surface area (Å²) in [5, 5.41) is 0.946. The van der Waals surface area contributed by atoms with Crippen LogP contribution in [0.3, 0.4) is 0 Å². The highest BCUT2D eigenvalue weighted by molar-refractivity contribution is 7.09. The number of aromatic nitrogens is 2. The van der Waals surface area contributed by atoms with Crippen LogP contribution < -0.4 is 4.90 Å². The molecule has 0 aliphatic rings. The van der Waals surface area contributed by atoms with Gasteiger partial charge in [0.15, 0.2) is 0 Å². The molecule has 0 radical (unpaired) electrons. The third kappa shape index (κ3) is 2.58. The Labute approximate surface area is 94.3 Å². The van der Waals surface area contributed by atoms with Gasteiger partial charge in [-0.3, -0.25) is 0 Å². The van der Waals surface area contributed by atoms with Crippen LogP contribution in [-0.4, -0.2) is 28.3 Å². The quantitative estimate of drug-likeness (QED) is 0.749. The van der Waals surface area contributed by atoms with Crippen LogP contribution in [0.2, 0.25) is 0 Å². The van der Waals surface area contributed by atoms with E-state index in [1.165, 1.54) is 11.5 Å². The first kappa shape index (κ1) is 11.7. The van der Waals surface area contributed by atoms with Crippen LogP contribution >= 0.6 is 23.1 Å². The smallest absolute Gasteiger partial charge is 0.205 e. The number of hydrogen-bond donors (Lipinski definition) is 0. The second-order valence-electron chi connectivity index (χ2n) is 3.70. The molecule has 80 valence electrons. The minimum absolute atomic E-state index is 0.296. The Kier molecular flexibility index (Phi) is 4.13. The highest BCUT2D eigenvalue weighted by Gasteiger charge is 2.14. The van der Waals surface area contributed by atoms with Gasteiger partial charge in [0.05, 0.1) is 0 Å². The number of rotatable bonds is 4. The lowest BCUT2D eigenvalue weighted by Crippen LogP contribution is -2.29. The van der Waals surface area contributed by atoms with Crippen molar-refractivity contribution in [3.05, 3.63) is 5.82 Å². The Morgan fingerprint density at radius 1 is 1.43 bits per heavy atom. The second-order valence-corrected chi connectivity index (χ2v) is 4.74. The van der Waals surface area contributed by atoms with Gasteiger partial charge in [0, 0.05) is 36.4 Å². The minimum atomic E-state index is 0.296. The fourth-order valence-electron chi connectivity index (χ4n) is 0.896. The van der Waals surface area contributed by atoms with E-state index in [1.807, 2.05) is 7.05 Å². The molecule has 1 aromatic rings. The summed E-state index contributed by atoms with van der Waals surface area (Å²) in [6, 6.07) is 0.296. The molecule has 0 saturated heterocycles. The highest BCUT2D eigenvalue weighted by Crippen LogP contribution is 2.21. The van der Waals surface area contributed by atoms with Crippen LogP contribution in [0.5, 0.6) is 0 Å². The molecule has 0 bridgehead atoms. The summed E-state index contributed by atoms with van der Waals surface area (Å²) in [6.45, 7) is 6.26. The molecule has 0 N–H and O–H groups in total. The van der Waals surface area contributed by atoms with E-state index >= 15 is 0 Å². The van der Waals surface area contributed by atoms with Crippen molar-refractivity contribution in [1.82, 2.24) is 9.36 Å². The lowest BCUT2D eigenvalue weighted by Gasteiger charge is -2.21. The van der Waals surface area contributed by atoms with E-state index in [9.17, 15) is 0 Å². The first-order chi connectivity index (χ1) is 6.56. The van der Waals surface area contributed by atoms with Crippen molar-refractivity contribution < 1.29 is 0 Å². The standard InChI is InChI=1S/C9H16ClN3S/c1-6(2)8-11-9(14-12-8)13(4)7(3)5-10/h6-7H,5H2,1-4H3. The SMILES string of the molecule is CC(C)c1nsc(N(C)C(C)CCl)n1. The summed E-state index contributed by atoms with van der Waals surface area (Å²) in [4.78, 5) is 6.52. The predicted octanol–water partition coefficient (Wildman–Crippen LogP) is 2.73. The van der Waals surface area contributed by atoms with Crippen LogP contribution in [-0.2, 0) is 0 Å². The van der Waals surface area contributed by atoms with Crippen molar-refractivity contribution in [2.75, 3.05) is 17.8 Å². The van der Waals surface area contributed by atoms with Crippen LogP contribution in [0.25, 0.3) is 0 Å². The van der Waals surface area contributed by atoms with Gasteiger partial charge in [-0.15, -0.1) is 11.6 Å². The minimum Gasteiger partial charge on any atom is -0.346 e. The maximum Gasteiger partial charge on any atom is 0.205 e. The summed E-state index contributed by atoms with van der Waals surface area (Å²) >= 11 is 7.22. The third-order valence-corrected chi connectivity index (χ3v) is 3.40. The molecular formula is C9H16ClN3S. The summed E-state index contributed by atoms with van der Waals surface area (Å²) < 4.78 is 4.30. The van der Waals surface area contributed by atoms with Crippen LogP contribution in [0.1, 0.15) is 32.5 Å². The fraction of sp³-hybridized carbons (Fsp3) is 0.778. The maximum absolute atomic E-state index is 5.78. The van der Waals surface area contributed by atoms with Gasteiger partial charge in [0.25, 0.3) is 0 Å². The van der Waals surface area contributed by atoms with Crippen LogP contribution in [0.15, 0.2) is 0 Å². The molecule has 1 rings (SSSR count). The largest absolute Gasteiger partial charge is 0.346 e. The molecule has 0 aromatic carbocycles. The molecule has 14 heavy (non-hydrogen) atoms. The molecule has 0 saturated carbocycles. The Bertz CT molecular complexity index is 287. The van der Waals surface area contributed by atoms with Gasteiger partial charge in [-0.1, -0.05) is 13.8 Å². The van der Waals surface area contributed by atoms with Crippen molar-refractivity contribution in [1.29, 1.82) is 0 Å². The van der Waals surface area contributed by atoms with E-state index in [4.69, 9.17) is 11.6 Å². The molecule has 3 nitrogen and oxygen atoms in total. The van der Waals surface area contributed by atoms with Gasteiger partial charge in [-0.2, -0.15) is 4.37 Å². The van der Waals surface area contributed by atoms with Crippen LogP contribution in [0, 0.1) is 0 Å². The topological polar surface area (TPSA) is 29.0 Å². The average molecular weight is 234 g/mol. The van der Waals surface area contributed by atoms with Gasteiger partial charge in [0.1, 0.15) is 5.82 Å². The fourth-order valence-corrected chi connectivity index (χ4v) is 1.97. The van der Waals surface area contributed by atoms with E-state index in [1.54, 1.807) is 0 Å².